The molecule has 1 aromatic carbocycles. The molecule has 0 bridgehead atoms. The molecule has 9 heteroatoms. The largest absolute Gasteiger partial charge is 0.490 e. The quantitative estimate of drug-likeness (QED) is 0.634. The Bertz CT molecular complexity index is 667. The Morgan fingerprint density at radius 2 is 2.30 bits per heavy atom. The summed E-state index contributed by atoms with van der Waals surface area (Å²) in [4.78, 5) is 20.9. The summed E-state index contributed by atoms with van der Waals surface area (Å²) in [5.41, 5.74) is 0.442. The second-order valence-corrected chi connectivity index (χ2v) is 3.84. The average molecular weight is 278 g/mol. The van der Waals surface area contributed by atoms with Gasteiger partial charge in [0.15, 0.2) is 5.75 Å². The number of carbonyl (C=O) groups is 1. The highest BCUT2D eigenvalue weighted by Gasteiger charge is 2.16. The molecule has 1 N–H and O–H groups in total. The van der Waals surface area contributed by atoms with Crippen molar-refractivity contribution >= 4 is 11.7 Å². The van der Waals surface area contributed by atoms with Gasteiger partial charge in [0, 0.05) is 6.07 Å². The molecule has 2 rings (SSSR count). The lowest BCUT2D eigenvalue weighted by Gasteiger charge is -2.04. The fourth-order valence-electron chi connectivity index (χ4n) is 1.62. The Balaban J connectivity index is 2.37. The van der Waals surface area contributed by atoms with Gasteiger partial charge < -0.3 is 9.84 Å². The zero-order chi connectivity index (χ0) is 14.7. The van der Waals surface area contributed by atoms with Crippen molar-refractivity contribution < 1.29 is 19.6 Å². The number of methoxy groups -OCH3 is 1. The number of carboxylic acids is 1. The van der Waals surface area contributed by atoms with Crippen LogP contribution in [0.5, 0.6) is 5.75 Å². The van der Waals surface area contributed by atoms with Gasteiger partial charge in [0.2, 0.25) is 0 Å². The van der Waals surface area contributed by atoms with Crippen LogP contribution in [0, 0.1) is 10.1 Å². The third-order valence-corrected chi connectivity index (χ3v) is 2.50. The summed E-state index contributed by atoms with van der Waals surface area (Å²) in [6.07, 6.45) is 1.14. The van der Waals surface area contributed by atoms with Gasteiger partial charge in [-0.3, -0.25) is 14.9 Å². The van der Waals surface area contributed by atoms with Crippen LogP contribution in [0.25, 0.3) is 5.69 Å². The predicted molar refractivity (Wildman–Crippen MR) is 65.9 cm³/mol. The molecular weight excluding hydrogens is 268 g/mol. The molecule has 0 aliphatic heterocycles. The molecule has 0 radical (unpaired) electrons. The zero-order valence-corrected chi connectivity index (χ0v) is 10.4. The van der Waals surface area contributed by atoms with Crippen molar-refractivity contribution in [2.45, 2.75) is 6.42 Å². The number of nitro groups is 1. The minimum atomic E-state index is -1.03. The fraction of sp³-hybridized carbons (Fsp3) is 0.182. The van der Waals surface area contributed by atoms with E-state index in [0.717, 1.165) is 0 Å². The minimum Gasteiger partial charge on any atom is -0.490 e. The van der Waals surface area contributed by atoms with Crippen LogP contribution >= 0.6 is 0 Å². The Kier molecular flexibility index (Phi) is 3.60. The van der Waals surface area contributed by atoms with E-state index in [1.807, 2.05) is 0 Å². The van der Waals surface area contributed by atoms with Crippen LogP contribution in [0.1, 0.15) is 5.69 Å². The number of benzene rings is 1. The van der Waals surface area contributed by atoms with Crippen molar-refractivity contribution in [3.63, 3.8) is 0 Å². The van der Waals surface area contributed by atoms with Gasteiger partial charge in [0.25, 0.3) is 0 Å². The average Bonchev–Trinajstić information content (AvgIpc) is 2.85. The van der Waals surface area contributed by atoms with Gasteiger partial charge in [-0.1, -0.05) is 5.21 Å². The van der Waals surface area contributed by atoms with Crippen LogP contribution in [0.2, 0.25) is 0 Å². The van der Waals surface area contributed by atoms with Crippen molar-refractivity contribution in [2.24, 2.45) is 0 Å². The molecule has 0 amide bonds. The number of carboxylic acid groups (broad SMARTS) is 1. The number of aromatic nitrogens is 3. The molecular formula is C11H10N4O5. The van der Waals surface area contributed by atoms with Crippen LogP contribution in [0.15, 0.2) is 24.4 Å². The van der Waals surface area contributed by atoms with Gasteiger partial charge in [-0.25, -0.2) is 4.68 Å². The highest BCUT2D eigenvalue weighted by atomic mass is 16.6. The number of ether oxygens (including phenoxy) is 1. The molecule has 0 aliphatic carbocycles. The van der Waals surface area contributed by atoms with Crippen molar-refractivity contribution in [1.82, 2.24) is 15.0 Å². The smallest absolute Gasteiger partial charge is 0.313 e. The summed E-state index contributed by atoms with van der Waals surface area (Å²) in [6.45, 7) is 0. The molecule has 1 heterocycles. The van der Waals surface area contributed by atoms with Gasteiger partial charge in [-0.2, -0.15) is 0 Å². The number of hydrogen-bond acceptors (Lipinski definition) is 6. The van der Waals surface area contributed by atoms with E-state index < -0.39 is 10.9 Å². The third-order valence-electron chi connectivity index (χ3n) is 2.50. The van der Waals surface area contributed by atoms with E-state index in [1.54, 1.807) is 6.07 Å². The third kappa shape index (κ3) is 2.71. The van der Waals surface area contributed by atoms with Crippen molar-refractivity contribution in [1.29, 1.82) is 0 Å². The molecule has 0 saturated heterocycles. The van der Waals surface area contributed by atoms with Crippen LogP contribution in [0.3, 0.4) is 0 Å². The zero-order valence-electron chi connectivity index (χ0n) is 10.4. The van der Waals surface area contributed by atoms with Crippen molar-refractivity contribution in [3.8, 4) is 11.4 Å². The maximum Gasteiger partial charge on any atom is 0.313 e. The summed E-state index contributed by atoms with van der Waals surface area (Å²) >= 11 is 0. The summed E-state index contributed by atoms with van der Waals surface area (Å²) in [5, 5.41) is 27.0. The second-order valence-electron chi connectivity index (χ2n) is 3.84. The van der Waals surface area contributed by atoms with E-state index in [0.29, 0.717) is 5.69 Å². The number of nitro benzene ring substituents is 1. The van der Waals surface area contributed by atoms with Crippen LogP contribution in [-0.2, 0) is 11.2 Å². The summed E-state index contributed by atoms with van der Waals surface area (Å²) < 4.78 is 6.16. The molecule has 0 aliphatic rings. The summed E-state index contributed by atoms with van der Waals surface area (Å²) in [6, 6.07) is 4.27. The van der Waals surface area contributed by atoms with Gasteiger partial charge in [0.1, 0.15) is 0 Å². The lowest BCUT2D eigenvalue weighted by Crippen LogP contribution is -2.00. The first-order chi connectivity index (χ1) is 9.51. The lowest BCUT2D eigenvalue weighted by atomic mass is 10.2. The first-order valence-corrected chi connectivity index (χ1v) is 5.47. The minimum absolute atomic E-state index is 0.129. The maximum absolute atomic E-state index is 10.9. The van der Waals surface area contributed by atoms with Gasteiger partial charge in [-0.15, -0.1) is 5.10 Å². The molecule has 0 spiro atoms. The number of nitrogens with zero attached hydrogens (tertiary/aromatic N) is 4. The Morgan fingerprint density at radius 1 is 1.55 bits per heavy atom. The van der Waals surface area contributed by atoms with Crippen LogP contribution in [0.4, 0.5) is 5.69 Å². The van der Waals surface area contributed by atoms with Crippen LogP contribution < -0.4 is 4.74 Å². The monoisotopic (exact) mass is 278 g/mol. The van der Waals surface area contributed by atoms with Gasteiger partial charge in [0.05, 0.1) is 36.0 Å². The van der Waals surface area contributed by atoms with E-state index in [2.05, 4.69) is 10.3 Å². The van der Waals surface area contributed by atoms with E-state index in [-0.39, 0.29) is 23.6 Å². The summed E-state index contributed by atoms with van der Waals surface area (Å²) in [7, 11) is 1.34. The van der Waals surface area contributed by atoms with E-state index in [4.69, 9.17) is 9.84 Å². The number of rotatable bonds is 5. The second kappa shape index (κ2) is 5.34. The highest BCUT2D eigenvalue weighted by Crippen LogP contribution is 2.28. The fourth-order valence-corrected chi connectivity index (χ4v) is 1.62. The molecule has 104 valence electrons. The van der Waals surface area contributed by atoms with Crippen molar-refractivity contribution in [2.75, 3.05) is 7.11 Å². The SMILES string of the molecule is COc1ccc(-n2cc(CC(=O)O)nn2)cc1[N+](=O)[O-]. The molecule has 2 aromatic rings. The molecule has 0 saturated carbocycles. The van der Waals surface area contributed by atoms with Gasteiger partial charge in [-0.05, 0) is 12.1 Å². The van der Waals surface area contributed by atoms with Crippen LogP contribution in [-0.4, -0.2) is 38.1 Å². The molecule has 20 heavy (non-hydrogen) atoms. The molecule has 0 unspecified atom stereocenters. The van der Waals surface area contributed by atoms with Gasteiger partial charge >= 0.3 is 11.7 Å². The van der Waals surface area contributed by atoms with Crippen molar-refractivity contribution in [3.05, 3.63) is 40.2 Å². The predicted octanol–water partition coefficient (Wildman–Crippen LogP) is 0.811. The Morgan fingerprint density at radius 3 is 2.90 bits per heavy atom. The van der Waals surface area contributed by atoms with E-state index >= 15 is 0 Å². The molecule has 9 nitrogen and oxygen atoms in total. The molecule has 0 atom stereocenters. The molecule has 0 fully saturated rings. The topological polar surface area (TPSA) is 120 Å². The standard InChI is InChI=1S/C11H10N4O5/c1-20-10-3-2-8(5-9(10)15(18)19)14-6-7(12-13-14)4-11(16)17/h2-3,5-6H,4H2,1H3,(H,16,17). The van der Waals surface area contributed by atoms with E-state index in [9.17, 15) is 14.9 Å². The number of aliphatic carboxylic acids is 1. The first-order valence-electron chi connectivity index (χ1n) is 5.47. The summed E-state index contributed by atoms with van der Waals surface area (Å²) in [5.74, 6) is -0.901. The Hall–Kier alpha value is -2.97. The Labute approximate surface area is 112 Å². The normalized spacial score (nSPS) is 10.2. The van der Waals surface area contributed by atoms with E-state index in [1.165, 1.54) is 30.1 Å². The maximum atomic E-state index is 10.9. The molecule has 1 aromatic heterocycles. The highest BCUT2D eigenvalue weighted by molar-refractivity contribution is 5.69. The first kappa shape index (κ1) is 13.5. The lowest BCUT2D eigenvalue weighted by molar-refractivity contribution is -0.385. The number of hydrogen-bond donors (Lipinski definition) is 1.